The lowest BCUT2D eigenvalue weighted by Crippen LogP contribution is -2.36. The summed E-state index contributed by atoms with van der Waals surface area (Å²) in [5, 5.41) is 9.76. The van der Waals surface area contributed by atoms with Crippen LogP contribution in [0.5, 0.6) is 0 Å². The smallest absolute Gasteiger partial charge is 0.257 e. The highest BCUT2D eigenvalue weighted by Crippen LogP contribution is 2.30. The van der Waals surface area contributed by atoms with Crippen molar-refractivity contribution in [2.45, 2.75) is 6.23 Å². The molecule has 0 aromatic heterocycles. The lowest BCUT2D eigenvalue weighted by molar-refractivity contribution is -0.120. The molecule has 3 N–H and O–H groups in total. The topological polar surface area (TPSA) is 83.6 Å². The minimum absolute atomic E-state index is 0.269. The molecular formula is C10H10N2O3. The summed E-state index contributed by atoms with van der Waals surface area (Å²) in [7, 11) is 0. The van der Waals surface area contributed by atoms with Crippen LogP contribution in [0, 0.1) is 0 Å². The van der Waals surface area contributed by atoms with Crippen LogP contribution >= 0.6 is 0 Å². The van der Waals surface area contributed by atoms with Crippen molar-refractivity contribution < 1.29 is 14.7 Å². The zero-order valence-electron chi connectivity index (χ0n) is 7.88. The molecule has 0 saturated carbocycles. The Hall–Kier alpha value is -1.88. The molecule has 0 radical (unpaired) electrons. The van der Waals surface area contributed by atoms with E-state index in [9.17, 15) is 14.7 Å². The first-order valence-corrected chi connectivity index (χ1v) is 4.47. The number of aliphatic hydroxyl groups is 1. The molecule has 78 valence electrons. The van der Waals surface area contributed by atoms with Crippen LogP contribution in [0.25, 0.3) is 0 Å². The highest BCUT2D eigenvalue weighted by molar-refractivity contribution is 6.00. The number of primary amides is 1. The summed E-state index contributed by atoms with van der Waals surface area (Å²) in [6, 6.07) is 6.70. The Morgan fingerprint density at radius 1 is 1.47 bits per heavy atom. The largest absolute Gasteiger partial charge is 0.369 e. The predicted molar refractivity (Wildman–Crippen MR) is 51.6 cm³/mol. The van der Waals surface area contributed by atoms with Crippen LogP contribution in [0.3, 0.4) is 0 Å². The van der Waals surface area contributed by atoms with E-state index in [0.717, 1.165) is 4.90 Å². The number of nitrogens with two attached hydrogens (primary N) is 1. The maximum Gasteiger partial charge on any atom is 0.257 e. The van der Waals surface area contributed by atoms with E-state index in [-0.39, 0.29) is 12.5 Å². The van der Waals surface area contributed by atoms with Crippen molar-refractivity contribution in [1.82, 2.24) is 4.90 Å². The summed E-state index contributed by atoms with van der Waals surface area (Å²) in [6.45, 7) is -0.269. The minimum Gasteiger partial charge on any atom is -0.369 e. The summed E-state index contributed by atoms with van der Waals surface area (Å²) in [6.07, 6.45) is -1.07. The fraction of sp³-hybridized carbons (Fsp3) is 0.200. The van der Waals surface area contributed by atoms with Gasteiger partial charge in [0.15, 0.2) is 6.23 Å². The monoisotopic (exact) mass is 206 g/mol. The molecule has 1 aliphatic heterocycles. The van der Waals surface area contributed by atoms with Gasteiger partial charge in [0.25, 0.3) is 5.91 Å². The number of aliphatic hydroxyl groups excluding tert-OH is 1. The van der Waals surface area contributed by atoms with Gasteiger partial charge in [-0.2, -0.15) is 0 Å². The van der Waals surface area contributed by atoms with Gasteiger partial charge in [0.1, 0.15) is 6.54 Å². The zero-order valence-corrected chi connectivity index (χ0v) is 7.88. The molecule has 0 saturated heterocycles. The molecule has 5 nitrogen and oxygen atoms in total. The standard InChI is InChI=1S/C10H10N2O3/c11-8(13)5-12-9(14)6-3-1-2-4-7(6)10(12)15/h1-4,9,14H,5H2,(H2,11,13). The fourth-order valence-corrected chi connectivity index (χ4v) is 1.68. The van der Waals surface area contributed by atoms with Crippen molar-refractivity contribution in [2.75, 3.05) is 6.54 Å². The van der Waals surface area contributed by atoms with Gasteiger partial charge in [0.2, 0.25) is 5.91 Å². The number of hydrogen-bond acceptors (Lipinski definition) is 3. The second-order valence-electron chi connectivity index (χ2n) is 3.36. The van der Waals surface area contributed by atoms with Gasteiger partial charge in [-0.05, 0) is 6.07 Å². The van der Waals surface area contributed by atoms with E-state index in [1.54, 1.807) is 24.3 Å². The van der Waals surface area contributed by atoms with Gasteiger partial charge in [0, 0.05) is 11.1 Å². The predicted octanol–water partition coefficient (Wildman–Crippen LogP) is -0.381. The molecule has 1 unspecified atom stereocenters. The number of nitrogens with zero attached hydrogens (tertiary/aromatic N) is 1. The van der Waals surface area contributed by atoms with Gasteiger partial charge in [-0.25, -0.2) is 0 Å². The molecule has 0 aliphatic carbocycles. The Morgan fingerprint density at radius 2 is 2.13 bits per heavy atom. The quantitative estimate of drug-likeness (QED) is 0.691. The zero-order chi connectivity index (χ0) is 11.0. The average Bonchev–Trinajstić information content (AvgIpc) is 2.44. The number of carbonyl (C=O) groups excluding carboxylic acids is 2. The van der Waals surface area contributed by atoms with E-state index in [1.807, 2.05) is 0 Å². The molecule has 1 aromatic carbocycles. The van der Waals surface area contributed by atoms with Gasteiger partial charge in [-0.3, -0.25) is 14.5 Å². The van der Waals surface area contributed by atoms with Gasteiger partial charge in [-0.15, -0.1) is 0 Å². The first kappa shape index (κ1) is 9.67. The van der Waals surface area contributed by atoms with E-state index in [4.69, 9.17) is 5.73 Å². The van der Waals surface area contributed by atoms with Gasteiger partial charge in [0.05, 0.1) is 0 Å². The molecule has 1 atom stereocenters. The maximum absolute atomic E-state index is 11.7. The van der Waals surface area contributed by atoms with Crippen molar-refractivity contribution >= 4 is 11.8 Å². The van der Waals surface area contributed by atoms with Gasteiger partial charge >= 0.3 is 0 Å². The highest BCUT2D eigenvalue weighted by atomic mass is 16.3. The molecule has 0 spiro atoms. The molecule has 2 amide bonds. The first-order chi connectivity index (χ1) is 7.11. The van der Waals surface area contributed by atoms with Crippen molar-refractivity contribution in [3.63, 3.8) is 0 Å². The third-order valence-corrected chi connectivity index (χ3v) is 2.35. The molecule has 1 aliphatic rings. The second-order valence-corrected chi connectivity index (χ2v) is 3.36. The Kier molecular flexibility index (Phi) is 2.17. The van der Waals surface area contributed by atoms with Crippen LogP contribution in [-0.2, 0) is 4.79 Å². The van der Waals surface area contributed by atoms with Crippen molar-refractivity contribution in [3.8, 4) is 0 Å². The summed E-state index contributed by atoms with van der Waals surface area (Å²) < 4.78 is 0. The van der Waals surface area contributed by atoms with Gasteiger partial charge < -0.3 is 10.8 Å². The third-order valence-electron chi connectivity index (χ3n) is 2.35. The van der Waals surface area contributed by atoms with E-state index in [1.165, 1.54) is 0 Å². The molecular weight excluding hydrogens is 196 g/mol. The number of benzene rings is 1. The Morgan fingerprint density at radius 3 is 2.73 bits per heavy atom. The number of fused-ring (bicyclic) bond motifs is 1. The van der Waals surface area contributed by atoms with Crippen LogP contribution in [-0.4, -0.2) is 28.4 Å². The highest BCUT2D eigenvalue weighted by Gasteiger charge is 2.35. The van der Waals surface area contributed by atoms with Crippen LogP contribution in [0.15, 0.2) is 24.3 Å². The summed E-state index contributed by atoms with van der Waals surface area (Å²) in [5.74, 6) is -1.01. The van der Waals surface area contributed by atoms with Crippen LogP contribution in [0.2, 0.25) is 0 Å². The third kappa shape index (κ3) is 1.46. The lowest BCUT2D eigenvalue weighted by atomic mass is 10.1. The Balaban J connectivity index is 2.36. The number of rotatable bonds is 2. The van der Waals surface area contributed by atoms with Crippen molar-refractivity contribution in [3.05, 3.63) is 35.4 Å². The summed E-state index contributed by atoms with van der Waals surface area (Å²) >= 11 is 0. The number of amides is 2. The molecule has 0 bridgehead atoms. The summed E-state index contributed by atoms with van der Waals surface area (Å²) in [5.41, 5.74) is 5.93. The normalized spacial score (nSPS) is 19.1. The van der Waals surface area contributed by atoms with E-state index >= 15 is 0 Å². The van der Waals surface area contributed by atoms with E-state index in [2.05, 4.69) is 0 Å². The number of carbonyl (C=O) groups is 2. The van der Waals surface area contributed by atoms with E-state index < -0.39 is 12.1 Å². The molecule has 1 aromatic rings. The molecule has 2 rings (SSSR count). The molecule has 0 fully saturated rings. The Bertz CT molecular complexity index is 430. The van der Waals surface area contributed by atoms with Crippen molar-refractivity contribution in [2.24, 2.45) is 5.73 Å². The first-order valence-electron chi connectivity index (χ1n) is 4.47. The lowest BCUT2D eigenvalue weighted by Gasteiger charge is -2.18. The van der Waals surface area contributed by atoms with Crippen LogP contribution in [0.4, 0.5) is 0 Å². The number of hydrogen-bond donors (Lipinski definition) is 2. The summed E-state index contributed by atoms with van der Waals surface area (Å²) in [4.78, 5) is 23.5. The minimum atomic E-state index is -1.07. The molecule has 1 heterocycles. The fourth-order valence-electron chi connectivity index (χ4n) is 1.68. The SMILES string of the molecule is NC(=O)CN1C(=O)c2ccccc2C1O. The van der Waals surface area contributed by atoms with Crippen LogP contribution in [0.1, 0.15) is 22.1 Å². The van der Waals surface area contributed by atoms with Crippen LogP contribution < -0.4 is 5.73 Å². The van der Waals surface area contributed by atoms with Gasteiger partial charge in [-0.1, -0.05) is 18.2 Å². The molecule has 15 heavy (non-hydrogen) atoms. The average molecular weight is 206 g/mol. The molecule has 5 heteroatoms. The Labute approximate surface area is 86.1 Å². The van der Waals surface area contributed by atoms with E-state index in [0.29, 0.717) is 11.1 Å². The van der Waals surface area contributed by atoms with Crippen molar-refractivity contribution in [1.29, 1.82) is 0 Å². The maximum atomic E-state index is 11.7. The second kappa shape index (κ2) is 3.36.